The first-order valence-electron chi connectivity index (χ1n) is 7.80. The third kappa shape index (κ3) is 4.03. The summed E-state index contributed by atoms with van der Waals surface area (Å²) in [5.41, 5.74) is 1.44. The minimum Gasteiger partial charge on any atom is -0.471 e. The number of fused-ring (bicyclic) bond motifs is 1. The lowest BCUT2D eigenvalue weighted by Crippen LogP contribution is -2.21. The van der Waals surface area contributed by atoms with Crippen LogP contribution in [0, 0.1) is 0 Å². The number of hydrogen-bond acceptors (Lipinski definition) is 5. The fourth-order valence-corrected chi connectivity index (χ4v) is 3.41. The van der Waals surface area contributed by atoms with Crippen molar-refractivity contribution in [3.63, 3.8) is 0 Å². The van der Waals surface area contributed by atoms with E-state index in [-0.39, 0.29) is 19.1 Å². The van der Waals surface area contributed by atoms with Crippen molar-refractivity contribution in [3.05, 3.63) is 51.5 Å². The molecule has 0 amide bonds. The maximum Gasteiger partial charge on any atom is 0.352 e. The molecule has 0 radical (unpaired) electrons. The van der Waals surface area contributed by atoms with Crippen molar-refractivity contribution in [2.24, 2.45) is 0 Å². The highest BCUT2D eigenvalue weighted by atomic mass is 79.9. The van der Waals surface area contributed by atoms with Gasteiger partial charge >= 0.3 is 5.97 Å². The quantitative estimate of drug-likeness (QED) is 0.431. The fraction of sp³-hybridized carbons (Fsp3) is 0.278. The van der Waals surface area contributed by atoms with Gasteiger partial charge in [-0.3, -0.25) is 0 Å². The summed E-state index contributed by atoms with van der Waals surface area (Å²) in [7, 11) is 0. The van der Waals surface area contributed by atoms with Crippen molar-refractivity contribution in [3.8, 4) is 17.2 Å². The molecule has 26 heavy (non-hydrogen) atoms. The Kier molecular flexibility index (Phi) is 6.16. The van der Waals surface area contributed by atoms with E-state index in [4.69, 9.17) is 42.1 Å². The fourth-order valence-electron chi connectivity index (χ4n) is 2.47. The Morgan fingerprint density at radius 2 is 1.88 bits per heavy atom. The number of benzene rings is 2. The predicted octanol–water partition coefficient (Wildman–Crippen LogP) is 5.30. The molecule has 1 aliphatic heterocycles. The Hall–Kier alpha value is -1.63. The molecule has 1 aliphatic rings. The standard InChI is InChI=1S/C18H15BrCl2O5/c1-2-23-18(22)16(11-3-4-14-15(7-11)25-9-24-14)26-17-12(20)5-10(8-19)6-13(17)21/h3-7,16H,2,8-9H2,1H3. The van der Waals surface area contributed by atoms with Gasteiger partial charge in [0.15, 0.2) is 17.2 Å². The maximum atomic E-state index is 12.5. The van der Waals surface area contributed by atoms with E-state index in [0.717, 1.165) is 5.56 Å². The van der Waals surface area contributed by atoms with Crippen LogP contribution >= 0.6 is 39.1 Å². The van der Waals surface area contributed by atoms with Gasteiger partial charge in [0.2, 0.25) is 12.9 Å². The van der Waals surface area contributed by atoms with Crippen molar-refractivity contribution in [2.75, 3.05) is 13.4 Å². The van der Waals surface area contributed by atoms with E-state index in [1.54, 1.807) is 37.3 Å². The molecule has 138 valence electrons. The summed E-state index contributed by atoms with van der Waals surface area (Å²) >= 11 is 15.9. The lowest BCUT2D eigenvalue weighted by atomic mass is 10.1. The molecule has 1 heterocycles. The molecule has 0 aliphatic carbocycles. The molecule has 1 atom stereocenters. The van der Waals surface area contributed by atoms with Gasteiger partial charge in [-0.2, -0.15) is 0 Å². The van der Waals surface area contributed by atoms with Gasteiger partial charge in [-0.15, -0.1) is 0 Å². The van der Waals surface area contributed by atoms with Gasteiger partial charge in [-0.25, -0.2) is 4.79 Å². The van der Waals surface area contributed by atoms with Gasteiger partial charge in [-0.05, 0) is 36.8 Å². The van der Waals surface area contributed by atoms with Crippen molar-refractivity contribution in [1.29, 1.82) is 0 Å². The van der Waals surface area contributed by atoms with E-state index in [9.17, 15) is 4.79 Å². The second-order valence-electron chi connectivity index (χ2n) is 5.38. The number of rotatable bonds is 6. The van der Waals surface area contributed by atoms with Crippen LogP contribution in [0.15, 0.2) is 30.3 Å². The van der Waals surface area contributed by atoms with E-state index < -0.39 is 12.1 Å². The molecule has 2 aromatic carbocycles. The minimum absolute atomic E-state index is 0.134. The third-order valence-electron chi connectivity index (χ3n) is 3.65. The highest BCUT2D eigenvalue weighted by Gasteiger charge is 2.28. The molecule has 0 saturated carbocycles. The van der Waals surface area contributed by atoms with Crippen LogP contribution in [0.2, 0.25) is 10.0 Å². The Morgan fingerprint density at radius 3 is 2.54 bits per heavy atom. The average Bonchev–Trinajstić information content (AvgIpc) is 3.08. The zero-order chi connectivity index (χ0) is 18.7. The lowest BCUT2D eigenvalue weighted by molar-refractivity contribution is -0.151. The van der Waals surface area contributed by atoms with Gasteiger partial charge < -0.3 is 18.9 Å². The maximum absolute atomic E-state index is 12.5. The van der Waals surface area contributed by atoms with Gasteiger partial charge in [0.1, 0.15) is 0 Å². The molecule has 0 N–H and O–H groups in total. The highest BCUT2D eigenvalue weighted by Crippen LogP contribution is 2.40. The summed E-state index contributed by atoms with van der Waals surface area (Å²) in [6.45, 7) is 2.07. The molecule has 0 spiro atoms. The van der Waals surface area contributed by atoms with Gasteiger partial charge in [-0.1, -0.05) is 45.2 Å². The SMILES string of the molecule is CCOC(=O)C(Oc1c(Cl)cc(CBr)cc1Cl)c1ccc2c(c1)OCO2. The summed E-state index contributed by atoms with van der Waals surface area (Å²) in [5, 5.41) is 1.21. The lowest BCUT2D eigenvalue weighted by Gasteiger charge is -2.20. The Labute approximate surface area is 169 Å². The monoisotopic (exact) mass is 460 g/mol. The summed E-state index contributed by atoms with van der Waals surface area (Å²) in [6, 6.07) is 8.55. The van der Waals surface area contributed by atoms with Gasteiger partial charge in [0, 0.05) is 10.9 Å². The van der Waals surface area contributed by atoms with Crippen LogP contribution in [0.5, 0.6) is 17.2 Å². The Balaban J connectivity index is 1.96. The highest BCUT2D eigenvalue weighted by molar-refractivity contribution is 9.08. The molecular weight excluding hydrogens is 447 g/mol. The van der Waals surface area contributed by atoms with E-state index in [1.165, 1.54) is 0 Å². The molecule has 0 aromatic heterocycles. The van der Waals surface area contributed by atoms with Crippen LogP contribution in [0.25, 0.3) is 0 Å². The number of alkyl halides is 1. The molecule has 1 unspecified atom stereocenters. The van der Waals surface area contributed by atoms with Crippen LogP contribution in [0.3, 0.4) is 0 Å². The Morgan fingerprint density at radius 1 is 1.19 bits per heavy atom. The van der Waals surface area contributed by atoms with Crippen LogP contribution < -0.4 is 14.2 Å². The van der Waals surface area contributed by atoms with Crippen molar-refractivity contribution >= 4 is 45.1 Å². The molecule has 5 nitrogen and oxygen atoms in total. The number of halogens is 3. The van der Waals surface area contributed by atoms with E-state index in [2.05, 4.69) is 15.9 Å². The van der Waals surface area contributed by atoms with Crippen molar-refractivity contribution < 1.29 is 23.7 Å². The summed E-state index contributed by atoms with van der Waals surface area (Å²) in [5.74, 6) is 0.804. The third-order valence-corrected chi connectivity index (χ3v) is 4.86. The summed E-state index contributed by atoms with van der Waals surface area (Å²) in [4.78, 5) is 12.5. The first kappa shape index (κ1) is 19.1. The molecule has 0 bridgehead atoms. The van der Waals surface area contributed by atoms with Crippen LogP contribution in [0.1, 0.15) is 24.2 Å². The van der Waals surface area contributed by atoms with E-state index >= 15 is 0 Å². The van der Waals surface area contributed by atoms with Crippen LogP contribution in [0.4, 0.5) is 0 Å². The largest absolute Gasteiger partial charge is 0.471 e. The zero-order valence-corrected chi connectivity index (χ0v) is 16.9. The summed E-state index contributed by atoms with van der Waals surface area (Å²) in [6.07, 6.45) is -1.05. The molecule has 0 saturated heterocycles. The number of carbonyl (C=O) groups is 1. The molecule has 2 aromatic rings. The zero-order valence-electron chi connectivity index (χ0n) is 13.8. The molecule has 3 rings (SSSR count). The van der Waals surface area contributed by atoms with E-state index in [0.29, 0.717) is 32.4 Å². The number of carbonyl (C=O) groups excluding carboxylic acids is 1. The number of hydrogen-bond donors (Lipinski definition) is 0. The van der Waals surface area contributed by atoms with Gasteiger partial charge in [0.25, 0.3) is 0 Å². The smallest absolute Gasteiger partial charge is 0.352 e. The number of ether oxygens (including phenoxy) is 4. The minimum atomic E-state index is -1.05. The Bertz CT molecular complexity index is 804. The average molecular weight is 462 g/mol. The number of esters is 1. The molecule has 0 fully saturated rings. The predicted molar refractivity (Wildman–Crippen MR) is 102 cm³/mol. The van der Waals surface area contributed by atoms with Crippen LogP contribution in [-0.4, -0.2) is 19.4 Å². The van der Waals surface area contributed by atoms with E-state index in [1.807, 2.05) is 0 Å². The second kappa shape index (κ2) is 8.37. The first-order chi connectivity index (χ1) is 12.5. The first-order valence-corrected chi connectivity index (χ1v) is 9.68. The normalized spacial score (nSPS) is 13.4. The van der Waals surface area contributed by atoms with Gasteiger partial charge in [0.05, 0.1) is 16.7 Å². The van der Waals surface area contributed by atoms with Crippen LogP contribution in [-0.2, 0) is 14.9 Å². The topological polar surface area (TPSA) is 54.0 Å². The van der Waals surface area contributed by atoms with Crippen molar-refractivity contribution in [2.45, 2.75) is 18.4 Å². The van der Waals surface area contributed by atoms with Crippen molar-refractivity contribution in [1.82, 2.24) is 0 Å². The molecular formula is C18H15BrCl2O5. The second-order valence-corrected chi connectivity index (χ2v) is 6.76. The molecule has 8 heteroatoms. The summed E-state index contributed by atoms with van der Waals surface area (Å²) < 4.78 is 21.7.